The number of aromatic nitrogens is 4. The van der Waals surface area contributed by atoms with Gasteiger partial charge in [0.05, 0.1) is 22.1 Å². The number of hydrogen-bond acceptors (Lipinski definition) is 1. The third-order valence-electron chi connectivity index (χ3n) is 22.6. The van der Waals surface area contributed by atoms with Crippen molar-refractivity contribution < 1.29 is 4.42 Å². The normalized spacial score (nSPS) is 16.1. The molecule has 4 aliphatic heterocycles. The summed E-state index contributed by atoms with van der Waals surface area (Å²) in [4.78, 5) is 0. The minimum absolute atomic E-state index is 0.000103. The van der Waals surface area contributed by atoms with Crippen LogP contribution in [-0.4, -0.2) is 31.8 Å². The van der Waals surface area contributed by atoms with E-state index in [0.29, 0.717) is 0 Å². The van der Waals surface area contributed by atoms with Crippen LogP contribution in [0.1, 0.15) is 91.7 Å². The maximum Gasteiger partial charge on any atom is 0.333 e. The summed E-state index contributed by atoms with van der Waals surface area (Å²) in [5, 5.41) is 7.69. The second kappa shape index (κ2) is 14.3. The second-order valence-corrected chi connectivity index (χ2v) is 27.9. The number of benzene rings is 10. The average molecular weight is 1100 g/mol. The van der Waals surface area contributed by atoms with Gasteiger partial charge in [-0.25, -0.2) is 0 Å². The molecule has 9 heterocycles. The van der Waals surface area contributed by atoms with Crippen LogP contribution in [0, 0.1) is 6.92 Å². The Hall–Kier alpha value is -9.71. The van der Waals surface area contributed by atoms with E-state index in [1.165, 1.54) is 188 Å². The molecular weight excluding hydrogens is 1040 g/mol. The summed E-state index contributed by atoms with van der Waals surface area (Å²) < 4.78 is 17.9. The van der Waals surface area contributed by atoms with Crippen LogP contribution in [0.25, 0.3) is 133 Å². The van der Waals surface area contributed by atoms with Crippen LogP contribution >= 0.6 is 0 Å². The van der Waals surface area contributed by atoms with Gasteiger partial charge in [-0.05, 0) is 115 Å². The predicted octanol–water partition coefficient (Wildman–Crippen LogP) is 16.1. The topological polar surface area (TPSA) is 32.9 Å². The van der Waals surface area contributed by atoms with Crippen LogP contribution in [0.15, 0.2) is 192 Å². The molecule has 0 atom stereocenters. The van der Waals surface area contributed by atoms with Gasteiger partial charge in [-0.2, -0.15) is 0 Å². The Kier molecular flexibility index (Phi) is 7.61. The van der Waals surface area contributed by atoms with E-state index in [1.54, 1.807) is 0 Å². The maximum atomic E-state index is 7.08. The van der Waals surface area contributed by atoms with Crippen molar-refractivity contribution in [1.82, 2.24) is 18.1 Å². The average Bonchev–Trinajstić information content (AvgIpc) is 1.48. The first-order chi connectivity index (χ1) is 41.9. The largest absolute Gasteiger partial charge is 0.439 e. The molecule has 0 saturated carbocycles. The third-order valence-corrected chi connectivity index (χ3v) is 22.6. The number of rotatable bonds is 2. The molecule has 0 unspecified atom stereocenters. The lowest BCUT2D eigenvalue weighted by Gasteiger charge is -2.36. The van der Waals surface area contributed by atoms with Crippen LogP contribution < -0.4 is 21.9 Å². The van der Waals surface area contributed by atoms with Crippen molar-refractivity contribution in [3.05, 3.63) is 238 Å². The van der Waals surface area contributed by atoms with Crippen molar-refractivity contribution in [2.45, 2.75) is 71.1 Å². The Bertz CT molecular complexity index is 5880. The molecule has 10 aromatic carbocycles. The summed E-state index contributed by atoms with van der Waals surface area (Å²) in [6.07, 6.45) is 0.786. The minimum Gasteiger partial charge on any atom is -0.439 e. The van der Waals surface area contributed by atoms with Gasteiger partial charge in [0.1, 0.15) is 5.58 Å². The first-order valence-corrected chi connectivity index (χ1v) is 31.0. The van der Waals surface area contributed by atoms with Crippen molar-refractivity contribution >= 4 is 101 Å². The molecule has 3 aliphatic carbocycles. The van der Waals surface area contributed by atoms with Crippen molar-refractivity contribution in [1.29, 1.82) is 0 Å². The van der Waals surface area contributed by atoms with E-state index < -0.39 is 0 Å². The SMILES string of the molecule is Cc1cc2c3c(c1)-n1c4c(c5cccc(c51)B3n1c3c(c5cccc-2c51)C(C)(C)c1cc(Cc2cc5c6c(c2)-n2c7oc8ccccc8c7c7cccc(c72)B6n2c6c(c7cccc-5c72)-c2ccccc2C6(C)C)ccc1-3)C(C)(C)c1ccccc1-4. The highest BCUT2D eigenvalue weighted by atomic mass is 16.3. The maximum absolute atomic E-state index is 7.08. The lowest BCUT2D eigenvalue weighted by Crippen LogP contribution is -2.56. The monoisotopic (exact) mass is 1100 g/mol. The summed E-state index contributed by atoms with van der Waals surface area (Å²) in [5.41, 5.74) is 40.6. The number of fused-ring (bicyclic) bond motifs is 28. The molecule has 0 spiro atoms. The lowest BCUT2D eigenvalue weighted by molar-refractivity contribution is 0.631. The van der Waals surface area contributed by atoms with Crippen LogP contribution in [0.5, 0.6) is 0 Å². The van der Waals surface area contributed by atoms with Crippen LogP contribution in [0.3, 0.4) is 0 Å². The fourth-order valence-electron chi connectivity index (χ4n) is 19.5. The van der Waals surface area contributed by atoms with Gasteiger partial charge in [-0.15, -0.1) is 0 Å². The smallest absolute Gasteiger partial charge is 0.333 e. The summed E-state index contributed by atoms with van der Waals surface area (Å²) in [5.74, 6) is 0. The van der Waals surface area contributed by atoms with Gasteiger partial charge in [-0.1, -0.05) is 211 Å². The molecule has 0 radical (unpaired) electrons. The van der Waals surface area contributed by atoms with Gasteiger partial charge in [0, 0.05) is 105 Å². The fourth-order valence-corrected chi connectivity index (χ4v) is 19.5. The lowest BCUT2D eigenvalue weighted by atomic mass is 9.45. The van der Waals surface area contributed by atoms with Crippen molar-refractivity contribution in [2.24, 2.45) is 0 Å². The summed E-state index contributed by atoms with van der Waals surface area (Å²) in [6, 6.07) is 73.1. The second-order valence-electron chi connectivity index (χ2n) is 27.9. The Labute approximate surface area is 497 Å². The zero-order valence-corrected chi connectivity index (χ0v) is 49.0. The van der Waals surface area contributed by atoms with Gasteiger partial charge < -0.3 is 17.9 Å². The molecule has 7 heteroatoms. The fraction of sp³-hybridized carbons (Fsp3) is 0.139. The first kappa shape index (κ1) is 45.7. The van der Waals surface area contributed by atoms with Gasteiger partial charge in [0.15, 0.2) is 0 Å². The molecule has 5 nitrogen and oxygen atoms in total. The summed E-state index contributed by atoms with van der Waals surface area (Å²) in [6.45, 7) is 17.0. The molecule has 0 bridgehead atoms. The number of furan rings is 1. The highest BCUT2D eigenvalue weighted by Crippen LogP contribution is 2.60. The molecule has 0 amide bonds. The number of para-hydroxylation sites is 5. The van der Waals surface area contributed by atoms with E-state index in [-0.39, 0.29) is 29.9 Å². The highest BCUT2D eigenvalue weighted by molar-refractivity contribution is 6.90. The minimum atomic E-state index is -0.274. The van der Waals surface area contributed by atoms with Gasteiger partial charge in [-0.3, -0.25) is 4.57 Å². The van der Waals surface area contributed by atoms with Crippen LogP contribution in [0.4, 0.5) is 0 Å². The molecular formula is C79H54B2N4O. The van der Waals surface area contributed by atoms with E-state index in [1.807, 2.05) is 0 Å². The van der Waals surface area contributed by atoms with Crippen LogP contribution in [0.2, 0.25) is 0 Å². The molecule has 7 aliphatic rings. The van der Waals surface area contributed by atoms with Gasteiger partial charge in [0.25, 0.3) is 0 Å². The number of aryl methyl sites for hydroxylation is 1. The highest BCUT2D eigenvalue weighted by Gasteiger charge is 2.52. The quantitative estimate of drug-likeness (QED) is 0.159. The molecule has 5 aromatic heterocycles. The van der Waals surface area contributed by atoms with Crippen molar-refractivity contribution in [3.63, 3.8) is 0 Å². The molecule has 402 valence electrons. The van der Waals surface area contributed by atoms with Crippen LogP contribution in [-0.2, 0) is 22.7 Å². The van der Waals surface area contributed by atoms with Gasteiger partial charge >= 0.3 is 13.7 Å². The van der Waals surface area contributed by atoms with E-state index in [0.717, 1.165) is 23.1 Å². The number of nitrogens with zero attached hydrogens (tertiary/aromatic N) is 4. The summed E-state index contributed by atoms with van der Waals surface area (Å²) >= 11 is 0. The van der Waals surface area contributed by atoms with E-state index in [4.69, 9.17) is 4.42 Å². The third kappa shape index (κ3) is 4.80. The zero-order valence-electron chi connectivity index (χ0n) is 49.0. The molecule has 22 rings (SSSR count). The molecule has 0 fully saturated rings. The Balaban J connectivity index is 0.763. The van der Waals surface area contributed by atoms with Crippen molar-refractivity contribution in [3.8, 4) is 67.3 Å². The van der Waals surface area contributed by atoms with E-state index >= 15 is 0 Å². The van der Waals surface area contributed by atoms with E-state index in [9.17, 15) is 0 Å². The predicted molar refractivity (Wildman–Crippen MR) is 357 cm³/mol. The van der Waals surface area contributed by atoms with E-state index in [2.05, 4.69) is 255 Å². The molecule has 0 saturated heterocycles. The summed E-state index contributed by atoms with van der Waals surface area (Å²) in [7, 11) is 0. The first-order valence-electron chi connectivity index (χ1n) is 31.0. The molecule has 0 N–H and O–H groups in total. The Morgan fingerprint density at radius 2 is 0.977 bits per heavy atom. The van der Waals surface area contributed by atoms with Gasteiger partial charge in [0.2, 0.25) is 5.71 Å². The molecule has 15 aromatic rings. The Morgan fingerprint density at radius 3 is 1.77 bits per heavy atom. The standard InChI is InChI=1S/C79H54B2N4O/c1-40-34-53-43-22-15-25-51-66-74(84(70(43)51)80-59-30-17-26-52-65-73(82(72(52)59)60(35-40)67(53)80)46-19-9-12-28-56(46)77(65,2)3)47-33-32-41(38-57(47)78(66,4)5)36-42-37-54-44-21-14-23-49-63-45-18-8-11-27-55(45)79(6,7)75(63)85(69(44)49)81-58-29-16-24-50-64-48-20-10-13-31-62(48)86-76(64)83(71(50)58)61(39-42)68(54)81/h8-35,37-39H,36H2,1-7H3. The zero-order chi connectivity index (χ0) is 56.7. The van der Waals surface area contributed by atoms with Crippen molar-refractivity contribution in [2.75, 3.05) is 0 Å². The Morgan fingerprint density at radius 1 is 0.407 bits per heavy atom. The number of hydrogen-bond donors (Lipinski definition) is 0. The molecule has 86 heavy (non-hydrogen) atoms.